The van der Waals surface area contributed by atoms with E-state index in [1.165, 1.54) is 0 Å². The molecule has 0 saturated carbocycles. The van der Waals surface area contributed by atoms with E-state index < -0.39 is 14.9 Å². The van der Waals surface area contributed by atoms with E-state index in [9.17, 15) is 20.2 Å². The molecular weight excluding hydrogens is 226 g/mol. The van der Waals surface area contributed by atoms with E-state index in [0.717, 1.165) is 24.3 Å². The highest BCUT2D eigenvalue weighted by atomic mass is 16.9. The summed E-state index contributed by atoms with van der Waals surface area (Å²) in [6.45, 7) is 0. The molecule has 0 unspecified atom stereocenters. The van der Waals surface area contributed by atoms with E-state index in [4.69, 9.17) is 15.3 Å². The Bertz CT molecular complexity index is 364. The summed E-state index contributed by atoms with van der Waals surface area (Å²) in [4.78, 5) is 27.4. The van der Waals surface area contributed by atoms with Crippen LogP contribution in [0.15, 0.2) is 24.3 Å². The van der Waals surface area contributed by atoms with Crippen molar-refractivity contribution in [3.63, 3.8) is 0 Å². The third-order valence-corrected chi connectivity index (χ3v) is 1.27. The maximum Gasteiger partial charge on any atom is 0.291 e. The van der Waals surface area contributed by atoms with Crippen molar-refractivity contribution in [2.75, 3.05) is 0 Å². The summed E-state index contributed by atoms with van der Waals surface area (Å²) >= 11 is 0. The van der Waals surface area contributed by atoms with Crippen molar-refractivity contribution < 1.29 is 20.1 Å². The van der Waals surface area contributed by atoms with Crippen LogP contribution in [0.4, 0.5) is 11.4 Å². The molecule has 0 saturated heterocycles. The minimum absolute atomic E-state index is 0.152. The summed E-state index contributed by atoms with van der Waals surface area (Å²) < 4.78 is 0. The molecule has 16 heavy (non-hydrogen) atoms. The van der Waals surface area contributed by atoms with Gasteiger partial charge in [0.25, 0.3) is 16.5 Å². The Hall–Kier alpha value is -2.78. The number of nitrogens with zero attached hydrogens (tertiary/aromatic N) is 3. The largest absolute Gasteiger partial charge is 0.328 e. The Morgan fingerprint density at radius 3 is 1.12 bits per heavy atom. The van der Waals surface area contributed by atoms with Crippen LogP contribution in [-0.2, 0) is 0 Å². The van der Waals surface area contributed by atoms with Crippen molar-refractivity contribution in [3.05, 3.63) is 54.6 Å². The van der Waals surface area contributed by atoms with Gasteiger partial charge in [0, 0.05) is 24.3 Å². The first kappa shape index (κ1) is 13.2. The van der Waals surface area contributed by atoms with Crippen molar-refractivity contribution in [2.24, 2.45) is 0 Å². The van der Waals surface area contributed by atoms with Crippen LogP contribution in [0.25, 0.3) is 0 Å². The first-order valence-corrected chi connectivity index (χ1v) is 3.56. The second-order valence-corrected chi connectivity index (χ2v) is 2.27. The van der Waals surface area contributed by atoms with Crippen LogP contribution in [-0.4, -0.2) is 20.1 Å². The molecule has 0 aliphatic rings. The summed E-state index contributed by atoms with van der Waals surface area (Å²) in [5, 5.41) is 33.9. The Morgan fingerprint density at radius 1 is 0.812 bits per heavy atom. The number of non-ortho nitro benzene ring substituents is 2. The summed E-state index contributed by atoms with van der Waals surface area (Å²) in [6, 6.07) is 4.38. The number of nitro benzene ring substituents is 2. The van der Waals surface area contributed by atoms with Gasteiger partial charge in [-0.1, -0.05) is 0 Å². The van der Waals surface area contributed by atoms with Gasteiger partial charge in [-0.3, -0.25) is 20.2 Å². The van der Waals surface area contributed by atoms with E-state index in [2.05, 4.69) is 0 Å². The lowest BCUT2D eigenvalue weighted by molar-refractivity contribution is -0.742. The van der Waals surface area contributed by atoms with Gasteiger partial charge in [-0.05, 0) is 0 Å². The molecule has 0 spiro atoms. The zero-order valence-corrected chi connectivity index (χ0v) is 7.55. The zero-order valence-electron chi connectivity index (χ0n) is 7.55. The van der Waals surface area contributed by atoms with Gasteiger partial charge in [-0.25, -0.2) is 0 Å². The van der Waals surface area contributed by atoms with E-state index in [-0.39, 0.29) is 11.4 Å². The molecule has 86 valence electrons. The monoisotopic (exact) mass is 231 g/mol. The number of nitro groups is 2. The van der Waals surface area contributed by atoms with Crippen LogP contribution in [0, 0.1) is 30.3 Å². The standard InChI is InChI=1S/C6H4N2O4.HNO3/c9-7(10)5-1-2-6(4-3-5)8(11)12;2-1(3)4/h1-4H;(H,2,3,4). The molecule has 0 aromatic heterocycles. The Morgan fingerprint density at radius 2 is 1.00 bits per heavy atom. The number of rotatable bonds is 2. The predicted molar refractivity (Wildman–Crippen MR) is 48.5 cm³/mol. The topological polar surface area (TPSA) is 150 Å². The van der Waals surface area contributed by atoms with Gasteiger partial charge in [0.05, 0.1) is 9.85 Å². The molecule has 0 aliphatic heterocycles. The molecular formula is C6H5N3O7. The highest BCUT2D eigenvalue weighted by Gasteiger charge is 2.08. The average Bonchev–Trinajstić information content (AvgIpc) is 2.17. The second-order valence-electron chi connectivity index (χ2n) is 2.27. The molecule has 0 radical (unpaired) electrons. The van der Waals surface area contributed by atoms with Gasteiger partial charge in [0.15, 0.2) is 0 Å². The Kier molecular flexibility index (Phi) is 4.83. The maximum absolute atomic E-state index is 10.1. The lowest BCUT2D eigenvalue weighted by atomic mass is 10.3. The van der Waals surface area contributed by atoms with Gasteiger partial charge in [0.2, 0.25) is 0 Å². The van der Waals surface area contributed by atoms with Crippen LogP contribution >= 0.6 is 0 Å². The van der Waals surface area contributed by atoms with Crippen LogP contribution in [0.1, 0.15) is 0 Å². The summed E-state index contributed by atoms with van der Waals surface area (Å²) in [7, 11) is 0. The molecule has 0 atom stereocenters. The molecule has 10 nitrogen and oxygen atoms in total. The quantitative estimate of drug-likeness (QED) is 0.592. The van der Waals surface area contributed by atoms with Gasteiger partial charge >= 0.3 is 0 Å². The third kappa shape index (κ3) is 5.06. The van der Waals surface area contributed by atoms with Crippen LogP contribution in [0.5, 0.6) is 0 Å². The highest BCUT2D eigenvalue weighted by molar-refractivity contribution is 5.39. The normalized spacial score (nSPS) is 8.50. The van der Waals surface area contributed by atoms with E-state index in [1.807, 2.05) is 0 Å². The molecule has 0 aliphatic carbocycles. The van der Waals surface area contributed by atoms with Gasteiger partial charge in [-0.15, -0.1) is 10.1 Å². The maximum atomic E-state index is 10.1. The molecule has 0 bridgehead atoms. The van der Waals surface area contributed by atoms with Gasteiger partial charge in [0.1, 0.15) is 0 Å². The van der Waals surface area contributed by atoms with Gasteiger partial charge < -0.3 is 5.21 Å². The van der Waals surface area contributed by atoms with E-state index in [1.54, 1.807) is 0 Å². The Labute approximate surface area is 87.1 Å². The predicted octanol–water partition coefficient (Wildman–Crippen LogP) is 1.16. The molecule has 1 N–H and O–H groups in total. The molecule has 1 aromatic rings. The van der Waals surface area contributed by atoms with E-state index in [0.29, 0.717) is 0 Å². The second kappa shape index (κ2) is 5.85. The summed E-state index contributed by atoms with van der Waals surface area (Å²) in [5.74, 6) is 0. The molecule has 0 fully saturated rings. The fourth-order valence-electron chi connectivity index (χ4n) is 0.696. The lowest BCUT2D eigenvalue weighted by Crippen LogP contribution is -1.90. The smallest absolute Gasteiger partial charge is 0.291 e. The van der Waals surface area contributed by atoms with Crippen molar-refractivity contribution >= 4 is 11.4 Å². The zero-order chi connectivity index (χ0) is 12.7. The third-order valence-electron chi connectivity index (χ3n) is 1.27. The molecule has 10 heteroatoms. The highest BCUT2D eigenvalue weighted by Crippen LogP contribution is 2.16. The average molecular weight is 231 g/mol. The van der Waals surface area contributed by atoms with Crippen molar-refractivity contribution in [1.82, 2.24) is 0 Å². The number of benzene rings is 1. The minimum Gasteiger partial charge on any atom is -0.328 e. The fourth-order valence-corrected chi connectivity index (χ4v) is 0.696. The first-order valence-electron chi connectivity index (χ1n) is 3.56. The fraction of sp³-hybridized carbons (Fsp3) is 0. The van der Waals surface area contributed by atoms with Crippen molar-refractivity contribution in [1.29, 1.82) is 0 Å². The number of hydrogen-bond acceptors (Lipinski definition) is 6. The lowest BCUT2D eigenvalue weighted by Gasteiger charge is -1.90. The van der Waals surface area contributed by atoms with Crippen molar-refractivity contribution in [2.45, 2.75) is 0 Å². The Balaban J connectivity index is 0.000000487. The van der Waals surface area contributed by atoms with Crippen LogP contribution in [0.3, 0.4) is 0 Å². The molecule has 0 amide bonds. The molecule has 1 aromatic carbocycles. The van der Waals surface area contributed by atoms with E-state index >= 15 is 0 Å². The first-order chi connectivity index (χ1) is 7.34. The minimum atomic E-state index is -1.50. The van der Waals surface area contributed by atoms with Crippen LogP contribution < -0.4 is 0 Å². The number of hydrogen-bond donors (Lipinski definition) is 1. The molecule has 0 heterocycles. The molecule has 1 rings (SSSR count). The SMILES string of the molecule is O=[N+]([O-])O.O=[N+]([O-])c1ccc([N+](=O)[O-])cc1. The van der Waals surface area contributed by atoms with Crippen molar-refractivity contribution in [3.8, 4) is 0 Å². The van der Waals surface area contributed by atoms with Gasteiger partial charge in [-0.2, -0.15) is 0 Å². The summed E-state index contributed by atoms with van der Waals surface area (Å²) in [6.07, 6.45) is 0. The van der Waals surface area contributed by atoms with Crippen LogP contribution in [0.2, 0.25) is 0 Å². The summed E-state index contributed by atoms with van der Waals surface area (Å²) in [5.41, 5.74) is -0.304.